The second-order valence-corrected chi connectivity index (χ2v) is 6.69. The van der Waals surface area contributed by atoms with E-state index in [4.69, 9.17) is 0 Å². The Kier molecular flexibility index (Phi) is 4.40. The molecule has 2 saturated carbocycles. The topological polar surface area (TPSA) is 12.0 Å². The van der Waals surface area contributed by atoms with Gasteiger partial charge < -0.3 is 5.32 Å². The number of hydrogen-bond donors (Lipinski definition) is 1. The quantitative estimate of drug-likeness (QED) is 0.795. The predicted octanol–water partition coefficient (Wildman–Crippen LogP) is 4.55. The largest absolute Gasteiger partial charge is 0.314 e. The highest BCUT2D eigenvalue weighted by molar-refractivity contribution is 5.30. The molecule has 2 unspecified atom stereocenters. The van der Waals surface area contributed by atoms with Crippen molar-refractivity contribution in [1.82, 2.24) is 5.32 Å². The molecule has 0 aromatic heterocycles. The fraction of sp³-hybridized carbons (Fsp3) is 0.667. The second-order valence-electron chi connectivity index (χ2n) is 6.69. The Morgan fingerprint density at radius 1 is 1.10 bits per heavy atom. The van der Waals surface area contributed by atoms with E-state index in [1.165, 1.54) is 50.5 Å². The van der Waals surface area contributed by atoms with Gasteiger partial charge in [0.2, 0.25) is 0 Å². The lowest BCUT2D eigenvalue weighted by atomic mass is 9.80. The van der Waals surface area contributed by atoms with Crippen molar-refractivity contribution >= 4 is 0 Å². The molecule has 2 aliphatic rings. The summed E-state index contributed by atoms with van der Waals surface area (Å²) in [7, 11) is 0. The summed E-state index contributed by atoms with van der Waals surface area (Å²) in [5.41, 5.74) is 2.52. The molecule has 1 aromatic rings. The minimum Gasteiger partial charge on any atom is -0.314 e. The van der Waals surface area contributed by atoms with E-state index in [0.29, 0.717) is 5.92 Å². The molecule has 0 bridgehead atoms. The van der Waals surface area contributed by atoms with Crippen LogP contribution in [0.3, 0.4) is 0 Å². The molecule has 2 aliphatic carbocycles. The summed E-state index contributed by atoms with van der Waals surface area (Å²) in [6.07, 6.45) is 9.33. The summed E-state index contributed by atoms with van der Waals surface area (Å²) in [4.78, 5) is 0. The molecule has 0 heterocycles. The van der Waals surface area contributed by atoms with E-state index < -0.39 is 0 Å². The lowest BCUT2D eigenvalue weighted by Gasteiger charge is -2.27. The normalized spacial score (nSPS) is 27.3. The zero-order valence-corrected chi connectivity index (χ0v) is 12.5. The maximum absolute atomic E-state index is 13.3. The van der Waals surface area contributed by atoms with E-state index >= 15 is 0 Å². The number of hydrogen-bond acceptors (Lipinski definition) is 1. The van der Waals surface area contributed by atoms with Gasteiger partial charge in [-0.25, -0.2) is 4.39 Å². The van der Waals surface area contributed by atoms with Crippen molar-refractivity contribution < 1.29 is 4.39 Å². The van der Waals surface area contributed by atoms with Crippen LogP contribution in [0.15, 0.2) is 18.2 Å². The number of rotatable bonds is 4. The zero-order chi connectivity index (χ0) is 13.9. The van der Waals surface area contributed by atoms with Gasteiger partial charge in [-0.1, -0.05) is 25.3 Å². The average Bonchev–Trinajstić information content (AvgIpc) is 3.23. The van der Waals surface area contributed by atoms with E-state index in [1.807, 2.05) is 6.07 Å². The first-order chi connectivity index (χ1) is 9.74. The second kappa shape index (κ2) is 6.26. The molecule has 1 N–H and O–H groups in total. The standard InChI is InChI=1S/C18H26FN/c1-13-11-15(19)7-10-17(13)18-6-4-2-3-5-14(18)12-20-16-8-9-16/h7,10-11,14,16,18,20H,2-6,8-9,12H2,1H3. The van der Waals surface area contributed by atoms with Gasteiger partial charge in [-0.3, -0.25) is 0 Å². The molecule has 1 nitrogen and oxygen atoms in total. The summed E-state index contributed by atoms with van der Waals surface area (Å²) in [6.45, 7) is 3.21. The Morgan fingerprint density at radius 2 is 1.90 bits per heavy atom. The van der Waals surface area contributed by atoms with Crippen LogP contribution in [0.2, 0.25) is 0 Å². The summed E-state index contributed by atoms with van der Waals surface area (Å²) >= 11 is 0. The van der Waals surface area contributed by atoms with E-state index in [-0.39, 0.29) is 5.82 Å². The molecule has 3 rings (SSSR count). The highest BCUT2D eigenvalue weighted by atomic mass is 19.1. The van der Waals surface area contributed by atoms with Crippen molar-refractivity contribution in [1.29, 1.82) is 0 Å². The molecule has 2 atom stereocenters. The van der Waals surface area contributed by atoms with E-state index in [9.17, 15) is 4.39 Å². The van der Waals surface area contributed by atoms with Gasteiger partial charge in [-0.05, 0) is 74.2 Å². The fourth-order valence-corrected chi connectivity index (χ4v) is 3.70. The first kappa shape index (κ1) is 14.1. The van der Waals surface area contributed by atoms with E-state index in [1.54, 1.807) is 12.1 Å². The number of benzene rings is 1. The van der Waals surface area contributed by atoms with Crippen molar-refractivity contribution in [3.63, 3.8) is 0 Å². The average molecular weight is 275 g/mol. The van der Waals surface area contributed by atoms with Crippen LogP contribution in [0.5, 0.6) is 0 Å². The zero-order valence-electron chi connectivity index (χ0n) is 12.5. The Labute approximate surface area is 122 Å². The molecule has 0 amide bonds. The van der Waals surface area contributed by atoms with Gasteiger partial charge in [-0.15, -0.1) is 0 Å². The summed E-state index contributed by atoms with van der Waals surface area (Å²) < 4.78 is 13.3. The minimum absolute atomic E-state index is 0.104. The maximum Gasteiger partial charge on any atom is 0.123 e. The van der Waals surface area contributed by atoms with Crippen LogP contribution in [0.4, 0.5) is 4.39 Å². The molecule has 110 valence electrons. The summed E-state index contributed by atoms with van der Waals surface area (Å²) in [5.74, 6) is 1.24. The van der Waals surface area contributed by atoms with Crippen LogP contribution >= 0.6 is 0 Å². The molecule has 0 saturated heterocycles. The first-order valence-corrected chi connectivity index (χ1v) is 8.23. The van der Waals surface area contributed by atoms with Crippen molar-refractivity contribution in [2.24, 2.45) is 5.92 Å². The van der Waals surface area contributed by atoms with Gasteiger partial charge in [0.1, 0.15) is 5.82 Å². The Bertz CT molecular complexity index is 453. The summed E-state index contributed by atoms with van der Waals surface area (Å²) in [6, 6.07) is 6.16. The van der Waals surface area contributed by atoms with Gasteiger partial charge >= 0.3 is 0 Å². The van der Waals surface area contributed by atoms with Crippen LogP contribution in [0, 0.1) is 18.7 Å². The third-order valence-corrected chi connectivity index (χ3v) is 5.04. The molecule has 0 aliphatic heterocycles. The molecule has 20 heavy (non-hydrogen) atoms. The monoisotopic (exact) mass is 275 g/mol. The molecule has 1 aromatic carbocycles. The molecular weight excluding hydrogens is 249 g/mol. The van der Waals surface area contributed by atoms with Crippen molar-refractivity contribution in [3.05, 3.63) is 35.1 Å². The maximum atomic E-state index is 13.3. The van der Waals surface area contributed by atoms with Gasteiger partial charge in [-0.2, -0.15) is 0 Å². The predicted molar refractivity (Wildman–Crippen MR) is 81.5 cm³/mol. The van der Waals surface area contributed by atoms with Crippen LogP contribution in [-0.4, -0.2) is 12.6 Å². The van der Waals surface area contributed by atoms with Crippen molar-refractivity contribution in [2.45, 2.75) is 63.8 Å². The third-order valence-electron chi connectivity index (χ3n) is 5.04. The Balaban J connectivity index is 1.77. The van der Waals surface area contributed by atoms with Gasteiger partial charge in [0, 0.05) is 6.04 Å². The first-order valence-electron chi connectivity index (χ1n) is 8.23. The number of nitrogens with one attached hydrogen (secondary N) is 1. The van der Waals surface area contributed by atoms with Gasteiger partial charge in [0.15, 0.2) is 0 Å². The lowest BCUT2D eigenvalue weighted by Crippen LogP contribution is -2.28. The van der Waals surface area contributed by atoms with Gasteiger partial charge in [0.05, 0.1) is 0 Å². The van der Waals surface area contributed by atoms with Crippen LogP contribution in [0.1, 0.15) is 62.0 Å². The summed E-state index contributed by atoms with van der Waals surface area (Å²) in [5, 5.41) is 3.71. The minimum atomic E-state index is -0.104. The molecular formula is C18H26FN. The van der Waals surface area contributed by atoms with Crippen molar-refractivity contribution in [2.75, 3.05) is 6.54 Å². The molecule has 2 heteroatoms. The smallest absolute Gasteiger partial charge is 0.123 e. The highest BCUT2D eigenvalue weighted by Gasteiger charge is 2.28. The molecule has 0 radical (unpaired) electrons. The Morgan fingerprint density at radius 3 is 2.65 bits per heavy atom. The fourth-order valence-electron chi connectivity index (χ4n) is 3.70. The van der Waals surface area contributed by atoms with Gasteiger partial charge in [0.25, 0.3) is 0 Å². The number of halogens is 1. The number of aryl methyl sites for hydroxylation is 1. The SMILES string of the molecule is Cc1cc(F)ccc1C1CCCCCC1CNC1CC1. The Hall–Kier alpha value is -0.890. The van der Waals surface area contributed by atoms with Crippen LogP contribution in [0.25, 0.3) is 0 Å². The highest BCUT2D eigenvalue weighted by Crippen LogP contribution is 2.38. The van der Waals surface area contributed by atoms with Crippen LogP contribution < -0.4 is 5.32 Å². The molecule has 0 spiro atoms. The van der Waals surface area contributed by atoms with Crippen molar-refractivity contribution in [3.8, 4) is 0 Å². The van der Waals surface area contributed by atoms with E-state index in [0.717, 1.165) is 24.1 Å². The third kappa shape index (κ3) is 3.41. The lowest BCUT2D eigenvalue weighted by molar-refractivity contribution is 0.373. The van der Waals surface area contributed by atoms with E-state index in [2.05, 4.69) is 12.2 Å². The molecule has 2 fully saturated rings. The van der Waals surface area contributed by atoms with Crippen LogP contribution in [-0.2, 0) is 0 Å².